The van der Waals surface area contributed by atoms with Gasteiger partial charge in [-0.25, -0.2) is 17.2 Å². The number of nitrogen functional groups attached to an aromatic ring is 1. The lowest BCUT2D eigenvalue weighted by Gasteiger charge is -2.20. The SMILES string of the molecule is CN(c1ccccc1)S(=O)(=O)c1ccc(F)c(N)c1F. The van der Waals surface area contributed by atoms with Gasteiger partial charge >= 0.3 is 0 Å². The molecule has 0 fully saturated rings. The molecule has 0 aromatic heterocycles. The Morgan fingerprint density at radius 3 is 2.25 bits per heavy atom. The van der Waals surface area contributed by atoms with Gasteiger partial charge in [-0.2, -0.15) is 0 Å². The molecular formula is C13H12F2N2O2S. The van der Waals surface area contributed by atoms with Gasteiger partial charge in [-0.15, -0.1) is 0 Å². The molecule has 2 aromatic rings. The molecule has 4 nitrogen and oxygen atoms in total. The molecule has 0 unspecified atom stereocenters. The molecule has 0 radical (unpaired) electrons. The Morgan fingerprint density at radius 2 is 1.65 bits per heavy atom. The molecule has 0 spiro atoms. The van der Waals surface area contributed by atoms with Crippen molar-refractivity contribution in [1.82, 2.24) is 0 Å². The molecule has 0 amide bonds. The molecule has 0 saturated carbocycles. The normalized spacial score (nSPS) is 11.3. The zero-order chi connectivity index (χ0) is 14.9. The van der Waals surface area contributed by atoms with E-state index in [4.69, 9.17) is 5.73 Å². The van der Waals surface area contributed by atoms with Crippen LogP contribution in [0.5, 0.6) is 0 Å². The van der Waals surface area contributed by atoms with Crippen molar-refractivity contribution in [3.63, 3.8) is 0 Å². The third-order valence-corrected chi connectivity index (χ3v) is 4.65. The van der Waals surface area contributed by atoms with E-state index >= 15 is 0 Å². The predicted molar refractivity (Wildman–Crippen MR) is 72.8 cm³/mol. The summed E-state index contributed by atoms with van der Waals surface area (Å²) >= 11 is 0. The van der Waals surface area contributed by atoms with Crippen molar-refractivity contribution in [1.29, 1.82) is 0 Å². The maximum atomic E-state index is 13.9. The monoisotopic (exact) mass is 298 g/mol. The van der Waals surface area contributed by atoms with E-state index in [0.717, 1.165) is 16.4 Å². The highest BCUT2D eigenvalue weighted by Crippen LogP contribution is 2.27. The van der Waals surface area contributed by atoms with E-state index in [1.165, 1.54) is 7.05 Å². The summed E-state index contributed by atoms with van der Waals surface area (Å²) in [7, 11) is -2.87. The number of nitrogens with two attached hydrogens (primary N) is 1. The number of hydrogen-bond acceptors (Lipinski definition) is 3. The number of sulfonamides is 1. The molecule has 2 aromatic carbocycles. The fourth-order valence-corrected chi connectivity index (χ4v) is 2.94. The van der Waals surface area contributed by atoms with E-state index in [1.807, 2.05) is 0 Å². The van der Waals surface area contributed by atoms with Gasteiger partial charge in [-0.05, 0) is 24.3 Å². The summed E-state index contributed by atoms with van der Waals surface area (Å²) in [4.78, 5) is -0.664. The lowest BCUT2D eigenvalue weighted by molar-refractivity contribution is 0.554. The van der Waals surface area contributed by atoms with Crippen LogP contribution in [0.15, 0.2) is 47.4 Å². The van der Waals surface area contributed by atoms with Gasteiger partial charge in [0.1, 0.15) is 16.4 Å². The van der Waals surface area contributed by atoms with Gasteiger partial charge in [-0.3, -0.25) is 4.31 Å². The van der Waals surface area contributed by atoms with Crippen molar-refractivity contribution >= 4 is 21.4 Å². The summed E-state index contributed by atoms with van der Waals surface area (Å²) in [5.74, 6) is -2.28. The van der Waals surface area contributed by atoms with Gasteiger partial charge in [0.05, 0.1) is 5.69 Å². The minimum absolute atomic E-state index is 0.356. The third kappa shape index (κ3) is 2.32. The van der Waals surface area contributed by atoms with E-state index in [9.17, 15) is 17.2 Å². The summed E-state index contributed by atoms with van der Waals surface area (Å²) in [6.45, 7) is 0. The van der Waals surface area contributed by atoms with Crippen LogP contribution in [0.25, 0.3) is 0 Å². The average Bonchev–Trinajstić information content (AvgIpc) is 2.44. The summed E-state index contributed by atoms with van der Waals surface area (Å²) in [5, 5.41) is 0. The molecular weight excluding hydrogens is 286 g/mol. The highest BCUT2D eigenvalue weighted by molar-refractivity contribution is 7.92. The minimum atomic E-state index is -4.15. The molecule has 0 bridgehead atoms. The summed E-state index contributed by atoms with van der Waals surface area (Å²) in [6.07, 6.45) is 0. The second-order valence-corrected chi connectivity index (χ2v) is 6.02. The molecule has 7 heteroatoms. The Balaban J connectivity index is 2.54. The highest BCUT2D eigenvalue weighted by atomic mass is 32.2. The van der Waals surface area contributed by atoms with Crippen molar-refractivity contribution in [2.75, 3.05) is 17.1 Å². The zero-order valence-electron chi connectivity index (χ0n) is 10.5. The Labute approximate surface area is 115 Å². The molecule has 0 saturated heterocycles. The van der Waals surface area contributed by atoms with Crippen molar-refractivity contribution in [2.24, 2.45) is 0 Å². The Kier molecular flexibility index (Phi) is 3.63. The lowest BCUT2D eigenvalue weighted by atomic mass is 10.3. The predicted octanol–water partition coefficient (Wildman–Crippen LogP) is 2.37. The topological polar surface area (TPSA) is 63.4 Å². The number of benzene rings is 2. The Morgan fingerprint density at radius 1 is 1.05 bits per heavy atom. The Bertz CT molecular complexity index is 734. The van der Waals surface area contributed by atoms with Gasteiger partial charge in [0.25, 0.3) is 10.0 Å². The molecule has 0 aliphatic heterocycles. The molecule has 0 atom stereocenters. The van der Waals surface area contributed by atoms with Crippen LogP contribution >= 0.6 is 0 Å². The highest BCUT2D eigenvalue weighted by Gasteiger charge is 2.27. The van der Waals surface area contributed by atoms with Crippen LogP contribution in [0.1, 0.15) is 0 Å². The van der Waals surface area contributed by atoms with E-state index in [2.05, 4.69) is 0 Å². The van der Waals surface area contributed by atoms with Gasteiger partial charge in [0.15, 0.2) is 5.82 Å². The van der Waals surface area contributed by atoms with E-state index in [0.29, 0.717) is 5.69 Å². The molecule has 2 rings (SSSR count). The molecule has 0 heterocycles. The fraction of sp³-hybridized carbons (Fsp3) is 0.0769. The molecule has 0 aliphatic rings. The van der Waals surface area contributed by atoms with Crippen LogP contribution in [0.2, 0.25) is 0 Å². The first-order chi connectivity index (χ1) is 9.35. The smallest absolute Gasteiger partial charge is 0.267 e. The summed E-state index contributed by atoms with van der Waals surface area (Å²) in [5.41, 5.74) is 4.73. The second kappa shape index (κ2) is 5.09. The third-order valence-electron chi connectivity index (χ3n) is 2.85. The molecule has 106 valence electrons. The van der Waals surface area contributed by atoms with Crippen LogP contribution in [-0.2, 0) is 10.0 Å². The maximum absolute atomic E-state index is 13.9. The standard InChI is InChI=1S/C13H12F2N2O2S/c1-17(9-5-3-2-4-6-9)20(18,19)11-8-7-10(14)13(16)12(11)15/h2-8H,16H2,1H3. The van der Waals surface area contributed by atoms with Gasteiger partial charge in [0.2, 0.25) is 0 Å². The van der Waals surface area contributed by atoms with Crippen LogP contribution in [0.4, 0.5) is 20.2 Å². The lowest BCUT2D eigenvalue weighted by Crippen LogP contribution is -2.27. The first-order valence-electron chi connectivity index (χ1n) is 5.63. The van der Waals surface area contributed by atoms with Crippen molar-refractivity contribution in [3.05, 3.63) is 54.1 Å². The first kappa shape index (κ1) is 14.3. The number of rotatable bonds is 3. The summed E-state index contributed by atoms with van der Waals surface area (Å²) in [6, 6.07) is 9.82. The van der Waals surface area contributed by atoms with Crippen LogP contribution in [-0.4, -0.2) is 15.5 Å². The van der Waals surface area contributed by atoms with Gasteiger partial charge in [0, 0.05) is 7.05 Å². The first-order valence-corrected chi connectivity index (χ1v) is 7.07. The van der Waals surface area contributed by atoms with Gasteiger partial charge < -0.3 is 5.73 Å². The maximum Gasteiger partial charge on any atom is 0.267 e. The largest absolute Gasteiger partial charge is 0.394 e. The van der Waals surface area contributed by atoms with Crippen molar-refractivity contribution < 1.29 is 17.2 Å². The second-order valence-electron chi connectivity index (χ2n) is 4.08. The van der Waals surface area contributed by atoms with Crippen LogP contribution in [0, 0.1) is 11.6 Å². The van der Waals surface area contributed by atoms with E-state index < -0.39 is 32.2 Å². The van der Waals surface area contributed by atoms with Crippen molar-refractivity contribution in [3.8, 4) is 0 Å². The number of nitrogens with zero attached hydrogens (tertiary/aromatic N) is 1. The fourth-order valence-electron chi connectivity index (χ4n) is 1.67. The number of anilines is 2. The number of para-hydroxylation sites is 1. The quantitative estimate of drug-likeness (QED) is 0.885. The zero-order valence-corrected chi connectivity index (χ0v) is 11.4. The van der Waals surface area contributed by atoms with Crippen molar-refractivity contribution in [2.45, 2.75) is 4.90 Å². The molecule has 20 heavy (non-hydrogen) atoms. The van der Waals surface area contributed by atoms with Crippen LogP contribution in [0.3, 0.4) is 0 Å². The van der Waals surface area contributed by atoms with Crippen LogP contribution < -0.4 is 10.0 Å². The average molecular weight is 298 g/mol. The molecule has 2 N–H and O–H groups in total. The summed E-state index contributed by atoms with van der Waals surface area (Å²) < 4.78 is 52.5. The van der Waals surface area contributed by atoms with Gasteiger partial charge in [-0.1, -0.05) is 18.2 Å². The number of halogens is 2. The minimum Gasteiger partial charge on any atom is -0.394 e. The van der Waals surface area contributed by atoms with E-state index in [1.54, 1.807) is 30.3 Å². The van der Waals surface area contributed by atoms with E-state index in [-0.39, 0.29) is 0 Å². The number of hydrogen-bond donors (Lipinski definition) is 1. The Hall–Kier alpha value is -2.15. The molecule has 0 aliphatic carbocycles.